The Kier molecular flexibility index (Phi) is 5.49. The lowest BCUT2D eigenvalue weighted by molar-refractivity contribution is 0.154. The third-order valence-corrected chi connectivity index (χ3v) is 4.01. The molecule has 0 radical (unpaired) electrons. The predicted molar refractivity (Wildman–Crippen MR) is 73.3 cm³/mol. The molecular weight excluding hydrogens is 210 g/mol. The highest BCUT2D eigenvalue weighted by molar-refractivity contribution is 4.90. The van der Waals surface area contributed by atoms with Crippen LogP contribution in [-0.2, 0) is 0 Å². The summed E-state index contributed by atoms with van der Waals surface area (Å²) in [5.41, 5.74) is 0. The molecule has 1 heterocycles. The molecule has 0 bridgehead atoms. The average Bonchev–Trinajstić information content (AvgIpc) is 2.38. The van der Waals surface area contributed by atoms with Gasteiger partial charge in [0.25, 0.3) is 0 Å². The van der Waals surface area contributed by atoms with Gasteiger partial charge in [-0.25, -0.2) is 0 Å². The molecule has 3 nitrogen and oxygen atoms in total. The zero-order valence-corrected chi connectivity index (χ0v) is 11.2. The van der Waals surface area contributed by atoms with Crippen molar-refractivity contribution < 1.29 is 0 Å². The van der Waals surface area contributed by atoms with Crippen molar-refractivity contribution in [2.24, 2.45) is 5.92 Å². The number of rotatable bonds is 5. The predicted octanol–water partition coefficient (Wildman–Crippen LogP) is 1.18. The number of hydrogen-bond donors (Lipinski definition) is 1. The van der Waals surface area contributed by atoms with Gasteiger partial charge in [-0.05, 0) is 38.8 Å². The topological polar surface area (TPSA) is 18.5 Å². The van der Waals surface area contributed by atoms with Crippen LogP contribution in [0.1, 0.15) is 19.3 Å². The summed E-state index contributed by atoms with van der Waals surface area (Å²) < 4.78 is 0. The fourth-order valence-electron chi connectivity index (χ4n) is 2.66. The molecule has 1 N–H and O–H groups in total. The van der Waals surface area contributed by atoms with Crippen LogP contribution in [0.5, 0.6) is 0 Å². The quantitative estimate of drug-likeness (QED) is 0.572. The van der Waals surface area contributed by atoms with Gasteiger partial charge in [0, 0.05) is 39.3 Å². The summed E-state index contributed by atoms with van der Waals surface area (Å²) in [6.45, 7) is 8.52. The molecule has 1 atom stereocenters. The summed E-state index contributed by atoms with van der Waals surface area (Å²) in [5, 5.41) is 3.62. The molecule has 1 fully saturated rings. The largest absolute Gasteiger partial charge is 0.315 e. The minimum Gasteiger partial charge on any atom is -0.315 e. The Hall–Kier alpha value is -0.380. The Labute approximate surface area is 106 Å². The highest BCUT2D eigenvalue weighted by Crippen LogP contribution is 2.16. The molecule has 0 spiro atoms. The summed E-state index contributed by atoms with van der Waals surface area (Å²) in [6, 6.07) is 0. The second-order valence-corrected chi connectivity index (χ2v) is 5.50. The average molecular weight is 237 g/mol. The van der Waals surface area contributed by atoms with E-state index >= 15 is 0 Å². The second-order valence-electron chi connectivity index (χ2n) is 5.50. The van der Waals surface area contributed by atoms with Gasteiger partial charge in [-0.1, -0.05) is 12.2 Å². The van der Waals surface area contributed by atoms with E-state index in [-0.39, 0.29) is 0 Å². The molecule has 2 aliphatic rings. The van der Waals surface area contributed by atoms with E-state index in [0.29, 0.717) is 0 Å². The maximum atomic E-state index is 3.62. The normalized spacial score (nSPS) is 27.5. The van der Waals surface area contributed by atoms with Crippen LogP contribution in [0.2, 0.25) is 0 Å². The van der Waals surface area contributed by atoms with Crippen LogP contribution in [0.3, 0.4) is 0 Å². The highest BCUT2D eigenvalue weighted by Gasteiger charge is 2.13. The lowest BCUT2D eigenvalue weighted by Gasteiger charge is -2.32. The first-order chi connectivity index (χ1) is 8.34. The summed E-state index contributed by atoms with van der Waals surface area (Å²) in [5.74, 6) is 0.882. The standard InChI is InChI=1S/C14H27N3/c1-16-9-11-17(12-10-16)8-7-15-13-14-5-3-2-4-6-14/h2-3,14-15H,4-13H2,1H3. The van der Waals surface area contributed by atoms with Crippen LogP contribution in [0.15, 0.2) is 12.2 Å². The fraction of sp³-hybridized carbons (Fsp3) is 0.857. The van der Waals surface area contributed by atoms with Gasteiger partial charge in [0.15, 0.2) is 0 Å². The minimum atomic E-state index is 0.882. The fourth-order valence-corrected chi connectivity index (χ4v) is 2.66. The van der Waals surface area contributed by atoms with Crippen molar-refractivity contribution in [2.75, 3.05) is 52.9 Å². The Balaban J connectivity index is 1.50. The summed E-state index contributed by atoms with van der Waals surface area (Å²) in [4.78, 5) is 4.99. The number of likely N-dealkylation sites (N-methyl/N-ethyl adjacent to an activating group) is 1. The van der Waals surface area contributed by atoms with E-state index in [1.807, 2.05) is 0 Å². The lowest BCUT2D eigenvalue weighted by Crippen LogP contribution is -2.46. The van der Waals surface area contributed by atoms with Crippen LogP contribution in [0.25, 0.3) is 0 Å². The summed E-state index contributed by atoms with van der Waals surface area (Å²) in [7, 11) is 2.21. The summed E-state index contributed by atoms with van der Waals surface area (Å²) in [6.07, 6.45) is 8.60. The molecule has 1 aliphatic carbocycles. The van der Waals surface area contributed by atoms with Crippen molar-refractivity contribution in [1.29, 1.82) is 0 Å². The van der Waals surface area contributed by atoms with E-state index < -0.39 is 0 Å². The number of piperazine rings is 1. The van der Waals surface area contributed by atoms with Crippen LogP contribution < -0.4 is 5.32 Å². The van der Waals surface area contributed by atoms with E-state index in [0.717, 1.165) is 12.5 Å². The van der Waals surface area contributed by atoms with E-state index in [1.54, 1.807) is 0 Å². The van der Waals surface area contributed by atoms with Gasteiger partial charge in [0.05, 0.1) is 0 Å². The van der Waals surface area contributed by atoms with Gasteiger partial charge in [-0.15, -0.1) is 0 Å². The number of hydrogen-bond acceptors (Lipinski definition) is 3. The second kappa shape index (κ2) is 7.14. The van der Waals surface area contributed by atoms with Crippen molar-refractivity contribution >= 4 is 0 Å². The zero-order chi connectivity index (χ0) is 11.9. The molecular formula is C14H27N3. The Morgan fingerprint density at radius 1 is 1.18 bits per heavy atom. The molecule has 0 saturated carbocycles. The smallest absolute Gasteiger partial charge is 0.0110 e. The van der Waals surface area contributed by atoms with Gasteiger partial charge in [0.1, 0.15) is 0 Å². The van der Waals surface area contributed by atoms with Crippen molar-refractivity contribution in [3.8, 4) is 0 Å². The van der Waals surface area contributed by atoms with E-state index in [9.17, 15) is 0 Å². The van der Waals surface area contributed by atoms with Gasteiger partial charge in [-0.3, -0.25) is 4.90 Å². The minimum absolute atomic E-state index is 0.882. The van der Waals surface area contributed by atoms with Crippen molar-refractivity contribution in [1.82, 2.24) is 15.1 Å². The lowest BCUT2D eigenvalue weighted by atomic mass is 9.94. The third-order valence-electron chi connectivity index (χ3n) is 4.01. The Morgan fingerprint density at radius 2 is 2.00 bits per heavy atom. The van der Waals surface area contributed by atoms with Crippen molar-refractivity contribution in [2.45, 2.75) is 19.3 Å². The molecule has 0 amide bonds. The van der Waals surface area contributed by atoms with E-state index in [1.165, 1.54) is 58.5 Å². The van der Waals surface area contributed by atoms with E-state index in [2.05, 4.69) is 34.3 Å². The molecule has 98 valence electrons. The highest BCUT2D eigenvalue weighted by atomic mass is 15.2. The molecule has 0 aromatic rings. The zero-order valence-electron chi connectivity index (χ0n) is 11.2. The van der Waals surface area contributed by atoms with Gasteiger partial charge in [0.2, 0.25) is 0 Å². The summed E-state index contributed by atoms with van der Waals surface area (Å²) >= 11 is 0. The first-order valence-electron chi connectivity index (χ1n) is 7.11. The third kappa shape index (κ3) is 4.78. The molecule has 0 aromatic carbocycles. The monoisotopic (exact) mass is 237 g/mol. The Morgan fingerprint density at radius 3 is 2.71 bits per heavy atom. The van der Waals surface area contributed by atoms with Gasteiger partial charge >= 0.3 is 0 Å². The van der Waals surface area contributed by atoms with Crippen LogP contribution in [-0.4, -0.2) is 62.7 Å². The van der Waals surface area contributed by atoms with Crippen LogP contribution in [0.4, 0.5) is 0 Å². The number of nitrogens with one attached hydrogen (secondary N) is 1. The Bertz CT molecular complexity index is 232. The van der Waals surface area contributed by atoms with Crippen molar-refractivity contribution in [3.63, 3.8) is 0 Å². The van der Waals surface area contributed by atoms with Gasteiger partial charge < -0.3 is 10.2 Å². The maximum Gasteiger partial charge on any atom is 0.0110 e. The molecule has 1 aliphatic heterocycles. The number of nitrogens with zero attached hydrogens (tertiary/aromatic N) is 2. The van der Waals surface area contributed by atoms with Crippen molar-refractivity contribution in [3.05, 3.63) is 12.2 Å². The van der Waals surface area contributed by atoms with Gasteiger partial charge in [-0.2, -0.15) is 0 Å². The first-order valence-corrected chi connectivity index (χ1v) is 7.11. The molecule has 0 aromatic heterocycles. The molecule has 2 rings (SSSR count). The molecule has 3 heteroatoms. The first kappa shape index (κ1) is 13.1. The number of allylic oxidation sites excluding steroid dienone is 2. The SMILES string of the molecule is CN1CCN(CCNCC2CC=CCC2)CC1. The molecule has 1 unspecified atom stereocenters. The maximum absolute atomic E-state index is 3.62. The van der Waals surface area contributed by atoms with E-state index in [4.69, 9.17) is 0 Å². The van der Waals surface area contributed by atoms with Crippen LogP contribution >= 0.6 is 0 Å². The molecule has 1 saturated heterocycles. The molecule has 17 heavy (non-hydrogen) atoms. The van der Waals surface area contributed by atoms with Crippen LogP contribution in [0, 0.1) is 5.92 Å².